The Bertz CT molecular complexity index is 616. The van der Waals surface area contributed by atoms with Crippen LogP contribution in [0.5, 0.6) is 11.5 Å². The van der Waals surface area contributed by atoms with E-state index in [1.165, 1.54) is 6.07 Å². The molecular weight excluding hydrogens is 276 g/mol. The Hall–Kier alpha value is -1.75. The second-order valence-electron chi connectivity index (χ2n) is 4.90. The lowest BCUT2D eigenvalue weighted by Crippen LogP contribution is -2.24. The molecule has 2 aromatic rings. The highest BCUT2D eigenvalue weighted by molar-refractivity contribution is 6.30. The molecule has 1 aliphatic heterocycles. The zero-order chi connectivity index (χ0) is 14.1. The first-order valence-corrected chi connectivity index (χ1v) is 6.78. The molecule has 4 N–H and O–H groups in total. The molecule has 0 spiro atoms. The average molecular weight is 291 g/mol. The molecule has 0 amide bonds. The standard InChI is InChI=1S/C15H15ClN2O2/c16-10-3-1-9(2-4-10)13-8-17-18-15(13)12-6-5-11(19)7-14(12)20/h1-7,13,15,17-20H,8H2. The minimum Gasteiger partial charge on any atom is -0.508 e. The van der Waals surface area contributed by atoms with E-state index in [1.54, 1.807) is 12.1 Å². The normalized spacial score (nSPS) is 22.1. The van der Waals surface area contributed by atoms with E-state index in [1.807, 2.05) is 24.3 Å². The molecule has 0 saturated carbocycles. The Balaban J connectivity index is 1.94. The van der Waals surface area contributed by atoms with Gasteiger partial charge >= 0.3 is 0 Å². The lowest BCUT2D eigenvalue weighted by atomic mass is 9.88. The number of rotatable bonds is 2. The fourth-order valence-corrected chi connectivity index (χ4v) is 2.73. The van der Waals surface area contributed by atoms with Crippen LogP contribution in [0.25, 0.3) is 0 Å². The third kappa shape index (κ3) is 2.45. The van der Waals surface area contributed by atoms with Crippen molar-refractivity contribution in [3.63, 3.8) is 0 Å². The minimum atomic E-state index is -0.0585. The maximum absolute atomic E-state index is 10.0. The summed E-state index contributed by atoms with van der Waals surface area (Å²) in [5.41, 5.74) is 8.19. The van der Waals surface area contributed by atoms with E-state index in [0.29, 0.717) is 5.02 Å². The summed E-state index contributed by atoms with van der Waals surface area (Å²) in [4.78, 5) is 0. The largest absolute Gasteiger partial charge is 0.508 e. The van der Waals surface area contributed by atoms with Crippen molar-refractivity contribution in [2.24, 2.45) is 0 Å². The van der Waals surface area contributed by atoms with E-state index < -0.39 is 0 Å². The van der Waals surface area contributed by atoms with Crippen molar-refractivity contribution in [3.8, 4) is 11.5 Å². The van der Waals surface area contributed by atoms with E-state index in [4.69, 9.17) is 11.6 Å². The molecular formula is C15H15ClN2O2. The molecule has 0 radical (unpaired) electrons. The molecule has 0 aliphatic carbocycles. The van der Waals surface area contributed by atoms with E-state index in [-0.39, 0.29) is 23.5 Å². The maximum Gasteiger partial charge on any atom is 0.124 e. The van der Waals surface area contributed by atoms with Crippen molar-refractivity contribution < 1.29 is 10.2 Å². The summed E-state index contributed by atoms with van der Waals surface area (Å²) >= 11 is 5.92. The van der Waals surface area contributed by atoms with Crippen LogP contribution in [0.3, 0.4) is 0 Å². The summed E-state index contributed by atoms with van der Waals surface area (Å²) in [6, 6.07) is 12.3. The predicted molar refractivity (Wildman–Crippen MR) is 77.8 cm³/mol. The zero-order valence-corrected chi connectivity index (χ0v) is 11.4. The minimum absolute atomic E-state index is 0.0558. The summed E-state index contributed by atoms with van der Waals surface area (Å²) in [6.07, 6.45) is 0. The highest BCUT2D eigenvalue weighted by Crippen LogP contribution is 2.38. The summed E-state index contributed by atoms with van der Waals surface area (Å²) in [5, 5.41) is 20.1. The first-order valence-electron chi connectivity index (χ1n) is 6.41. The molecule has 1 heterocycles. The summed E-state index contributed by atoms with van der Waals surface area (Å²) in [5.74, 6) is 0.327. The van der Waals surface area contributed by atoms with Gasteiger partial charge in [0.05, 0.1) is 6.04 Å². The average Bonchev–Trinajstić information content (AvgIpc) is 2.88. The van der Waals surface area contributed by atoms with Crippen LogP contribution in [0, 0.1) is 0 Å². The van der Waals surface area contributed by atoms with E-state index in [2.05, 4.69) is 10.9 Å². The van der Waals surface area contributed by atoms with Crippen LogP contribution in [-0.2, 0) is 0 Å². The van der Waals surface area contributed by atoms with Crippen molar-refractivity contribution in [1.29, 1.82) is 0 Å². The topological polar surface area (TPSA) is 64.5 Å². The molecule has 1 fully saturated rings. The smallest absolute Gasteiger partial charge is 0.124 e. The molecule has 2 aromatic carbocycles. The number of halogens is 1. The molecule has 2 atom stereocenters. The van der Waals surface area contributed by atoms with Crippen LogP contribution in [0.1, 0.15) is 23.1 Å². The second kappa shape index (κ2) is 5.32. The number of nitrogens with one attached hydrogen (secondary N) is 2. The van der Waals surface area contributed by atoms with Gasteiger partial charge in [0.25, 0.3) is 0 Å². The van der Waals surface area contributed by atoms with Crippen molar-refractivity contribution in [2.75, 3.05) is 6.54 Å². The fourth-order valence-electron chi connectivity index (χ4n) is 2.61. The Morgan fingerprint density at radius 1 is 1.05 bits per heavy atom. The number of hydrogen-bond donors (Lipinski definition) is 4. The summed E-state index contributed by atoms with van der Waals surface area (Å²) in [6.45, 7) is 0.757. The van der Waals surface area contributed by atoms with Gasteiger partial charge in [0.1, 0.15) is 11.5 Å². The monoisotopic (exact) mass is 290 g/mol. The van der Waals surface area contributed by atoms with Crippen molar-refractivity contribution in [3.05, 3.63) is 58.6 Å². The first kappa shape index (κ1) is 13.2. The number of hydrazine groups is 1. The van der Waals surface area contributed by atoms with Crippen LogP contribution in [0.15, 0.2) is 42.5 Å². The molecule has 5 heteroatoms. The Morgan fingerprint density at radius 2 is 1.80 bits per heavy atom. The molecule has 104 valence electrons. The van der Waals surface area contributed by atoms with Crippen LogP contribution >= 0.6 is 11.6 Å². The molecule has 1 aliphatic rings. The van der Waals surface area contributed by atoms with Gasteiger partial charge < -0.3 is 10.2 Å². The zero-order valence-electron chi connectivity index (χ0n) is 10.7. The quantitative estimate of drug-likeness (QED) is 0.687. The summed E-state index contributed by atoms with van der Waals surface area (Å²) in [7, 11) is 0. The van der Waals surface area contributed by atoms with Gasteiger partial charge in [-0.05, 0) is 23.8 Å². The van der Waals surface area contributed by atoms with Gasteiger partial charge in [-0.3, -0.25) is 5.43 Å². The van der Waals surface area contributed by atoms with Crippen molar-refractivity contribution in [1.82, 2.24) is 10.9 Å². The maximum atomic E-state index is 10.0. The van der Waals surface area contributed by atoms with E-state index in [9.17, 15) is 10.2 Å². The molecule has 0 aromatic heterocycles. The predicted octanol–water partition coefficient (Wildman–Crippen LogP) is 2.68. The molecule has 1 saturated heterocycles. The number of phenols is 2. The molecule has 20 heavy (non-hydrogen) atoms. The molecule has 4 nitrogen and oxygen atoms in total. The lowest BCUT2D eigenvalue weighted by molar-refractivity contribution is 0.432. The molecule has 3 rings (SSSR count). The van der Waals surface area contributed by atoms with E-state index in [0.717, 1.165) is 17.7 Å². The Morgan fingerprint density at radius 3 is 2.50 bits per heavy atom. The summed E-state index contributed by atoms with van der Waals surface area (Å²) < 4.78 is 0. The van der Waals surface area contributed by atoms with E-state index >= 15 is 0 Å². The third-order valence-electron chi connectivity index (χ3n) is 3.63. The van der Waals surface area contributed by atoms with Crippen molar-refractivity contribution in [2.45, 2.75) is 12.0 Å². The molecule has 2 unspecified atom stereocenters. The van der Waals surface area contributed by atoms with Crippen molar-refractivity contribution >= 4 is 11.6 Å². The highest BCUT2D eigenvalue weighted by Gasteiger charge is 2.31. The first-order chi connectivity index (χ1) is 9.65. The van der Waals surface area contributed by atoms with Gasteiger partial charge in [0, 0.05) is 29.1 Å². The number of hydrogen-bond acceptors (Lipinski definition) is 4. The lowest BCUT2D eigenvalue weighted by Gasteiger charge is -2.20. The van der Waals surface area contributed by atoms with Gasteiger partial charge in [-0.2, -0.15) is 0 Å². The van der Waals surface area contributed by atoms with Gasteiger partial charge in [-0.25, -0.2) is 5.43 Å². The van der Waals surface area contributed by atoms with Crippen LogP contribution in [-0.4, -0.2) is 16.8 Å². The van der Waals surface area contributed by atoms with Crippen LogP contribution in [0.2, 0.25) is 5.02 Å². The highest BCUT2D eigenvalue weighted by atomic mass is 35.5. The molecule has 0 bridgehead atoms. The van der Waals surface area contributed by atoms with Gasteiger partial charge in [0.2, 0.25) is 0 Å². The van der Waals surface area contributed by atoms with Gasteiger partial charge in [-0.1, -0.05) is 29.8 Å². The number of aromatic hydroxyl groups is 2. The number of benzene rings is 2. The third-order valence-corrected chi connectivity index (χ3v) is 3.88. The Labute approximate surface area is 122 Å². The fraction of sp³-hybridized carbons (Fsp3) is 0.200. The van der Waals surface area contributed by atoms with Gasteiger partial charge in [0.15, 0.2) is 0 Å². The van der Waals surface area contributed by atoms with Crippen LogP contribution < -0.4 is 10.9 Å². The Kier molecular flexibility index (Phi) is 3.53. The van der Waals surface area contributed by atoms with Gasteiger partial charge in [-0.15, -0.1) is 0 Å². The SMILES string of the molecule is Oc1ccc(C2NNCC2c2ccc(Cl)cc2)c(O)c1. The van der Waals surface area contributed by atoms with Crippen LogP contribution in [0.4, 0.5) is 0 Å². The number of phenolic OH excluding ortho intramolecular Hbond substituents is 2. The second-order valence-corrected chi connectivity index (χ2v) is 5.34.